The molecule has 0 spiro atoms. The molecule has 1 N–H and O–H groups in total. The number of aromatic nitrogens is 3. The summed E-state index contributed by atoms with van der Waals surface area (Å²) in [6.45, 7) is 1.75. The van der Waals surface area contributed by atoms with Crippen LogP contribution in [0.25, 0.3) is 17.3 Å². The summed E-state index contributed by atoms with van der Waals surface area (Å²) < 4.78 is 7.33. The number of non-ortho nitro benzene ring substituents is 1. The molecule has 0 aliphatic rings. The highest BCUT2D eigenvalue weighted by Crippen LogP contribution is 2.30. The minimum Gasteiger partial charge on any atom is -0.461 e. The highest BCUT2D eigenvalue weighted by Gasteiger charge is 2.23. The van der Waals surface area contributed by atoms with Gasteiger partial charge in [-0.25, -0.2) is 0 Å². The number of nitro benzene ring substituents is 1. The van der Waals surface area contributed by atoms with Crippen LogP contribution in [0.4, 0.5) is 11.4 Å². The van der Waals surface area contributed by atoms with Crippen molar-refractivity contribution < 1.29 is 14.1 Å². The first-order chi connectivity index (χ1) is 15.0. The van der Waals surface area contributed by atoms with Gasteiger partial charge in [0, 0.05) is 23.5 Å². The van der Waals surface area contributed by atoms with Crippen LogP contribution >= 0.6 is 11.8 Å². The van der Waals surface area contributed by atoms with Crippen LogP contribution in [0.1, 0.15) is 6.92 Å². The van der Waals surface area contributed by atoms with Gasteiger partial charge < -0.3 is 9.73 Å². The lowest BCUT2D eigenvalue weighted by Gasteiger charge is -2.13. The molecule has 0 radical (unpaired) electrons. The van der Waals surface area contributed by atoms with Gasteiger partial charge in [0.1, 0.15) is 0 Å². The number of carbonyl (C=O) groups is 1. The number of carbonyl (C=O) groups excluding carboxylic acids is 1. The molecule has 9 nitrogen and oxygen atoms in total. The molecule has 0 fully saturated rings. The average molecular weight is 435 g/mol. The van der Waals surface area contributed by atoms with E-state index in [4.69, 9.17) is 4.42 Å². The highest BCUT2D eigenvalue weighted by atomic mass is 32.2. The molecule has 2 aromatic heterocycles. The lowest BCUT2D eigenvalue weighted by Crippen LogP contribution is -2.22. The highest BCUT2D eigenvalue weighted by molar-refractivity contribution is 8.00. The molecule has 10 heteroatoms. The minimum absolute atomic E-state index is 0.0400. The van der Waals surface area contributed by atoms with Crippen molar-refractivity contribution in [2.75, 3.05) is 5.32 Å². The number of para-hydroxylation sites is 1. The van der Waals surface area contributed by atoms with Crippen molar-refractivity contribution in [2.24, 2.45) is 0 Å². The first-order valence-corrected chi connectivity index (χ1v) is 10.2. The number of nitrogens with zero attached hydrogens (tertiary/aromatic N) is 4. The van der Waals surface area contributed by atoms with E-state index in [1.165, 1.54) is 36.0 Å². The summed E-state index contributed by atoms with van der Waals surface area (Å²) in [5.41, 5.74) is 1.27. The van der Waals surface area contributed by atoms with E-state index in [1.54, 1.807) is 25.3 Å². The van der Waals surface area contributed by atoms with E-state index in [0.29, 0.717) is 22.4 Å². The van der Waals surface area contributed by atoms with E-state index in [-0.39, 0.29) is 11.6 Å². The van der Waals surface area contributed by atoms with Gasteiger partial charge in [0.25, 0.3) is 5.69 Å². The fourth-order valence-electron chi connectivity index (χ4n) is 2.84. The first kappa shape index (κ1) is 20.4. The number of anilines is 1. The third-order valence-electron chi connectivity index (χ3n) is 4.39. The maximum atomic E-state index is 12.7. The van der Waals surface area contributed by atoms with Crippen LogP contribution < -0.4 is 5.32 Å². The Labute approximate surface area is 181 Å². The number of nitrogens with one attached hydrogen (secondary N) is 1. The molecule has 2 aromatic carbocycles. The van der Waals surface area contributed by atoms with Gasteiger partial charge in [-0.15, -0.1) is 10.2 Å². The smallest absolute Gasteiger partial charge is 0.269 e. The Balaban J connectivity index is 1.56. The van der Waals surface area contributed by atoms with Gasteiger partial charge in [0.05, 0.1) is 16.4 Å². The van der Waals surface area contributed by atoms with E-state index in [0.717, 1.165) is 5.69 Å². The van der Waals surface area contributed by atoms with Gasteiger partial charge in [-0.1, -0.05) is 30.0 Å². The molecule has 31 heavy (non-hydrogen) atoms. The zero-order valence-electron chi connectivity index (χ0n) is 16.3. The van der Waals surface area contributed by atoms with Gasteiger partial charge in [-0.3, -0.25) is 19.5 Å². The fraction of sp³-hybridized carbons (Fsp3) is 0.0952. The molecule has 1 atom stereocenters. The summed E-state index contributed by atoms with van der Waals surface area (Å²) in [5, 5.41) is 22.1. The lowest BCUT2D eigenvalue weighted by molar-refractivity contribution is -0.384. The molecule has 2 heterocycles. The molecule has 0 aliphatic heterocycles. The molecule has 0 aliphatic carbocycles. The number of hydrogen-bond acceptors (Lipinski definition) is 7. The van der Waals surface area contributed by atoms with Crippen molar-refractivity contribution in [3.8, 4) is 17.3 Å². The Hall–Kier alpha value is -3.92. The van der Waals surface area contributed by atoms with Crippen LogP contribution in [-0.4, -0.2) is 30.8 Å². The van der Waals surface area contributed by atoms with E-state index in [1.807, 2.05) is 34.9 Å². The number of hydrogen-bond donors (Lipinski definition) is 1. The van der Waals surface area contributed by atoms with Crippen LogP contribution in [0.3, 0.4) is 0 Å². The molecule has 0 bridgehead atoms. The summed E-state index contributed by atoms with van der Waals surface area (Å²) >= 11 is 1.25. The Bertz CT molecular complexity index is 1190. The van der Waals surface area contributed by atoms with E-state index < -0.39 is 10.2 Å². The SMILES string of the molecule is CC(Sc1nnc(-c2ccco2)n1-c1ccccc1)C(=O)Nc1ccc([N+](=O)[O-])cc1. The Morgan fingerprint density at radius 2 is 1.84 bits per heavy atom. The van der Waals surface area contributed by atoms with E-state index >= 15 is 0 Å². The van der Waals surface area contributed by atoms with Crippen molar-refractivity contribution in [2.45, 2.75) is 17.3 Å². The van der Waals surface area contributed by atoms with Crippen molar-refractivity contribution in [1.29, 1.82) is 0 Å². The second kappa shape index (κ2) is 8.84. The van der Waals surface area contributed by atoms with Crippen molar-refractivity contribution >= 4 is 29.0 Å². The number of rotatable bonds is 7. The Morgan fingerprint density at radius 3 is 2.48 bits per heavy atom. The molecule has 4 aromatic rings. The maximum absolute atomic E-state index is 12.7. The van der Waals surface area contributed by atoms with Crippen LogP contribution in [0.5, 0.6) is 0 Å². The molecule has 4 rings (SSSR count). The van der Waals surface area contributed by atoms with E-state index in [2.05, 4.69) is 15.5 Å². The normalized spacial score (nSPS) is 11.8. The standard InChI is InChI=1S/C21H17N5O4S/c1-14(20(27)22-15-9-11-17(12-10-15)26(28)29)31-21-24-23-19(18-8-5-13-30-18)25(21)16-6-3-2-4-7-16/h2-14H,1H3,(H,22,27). The molecular formula is C21H17N5O4S. The second-order valence-electron chi connectivity index (χ2n) is 6.51. The van der Waals surface area contributed by atoms with Crippen LogP contribution in [0.15, 0.2) is 82.6 Å². The van der Waals surface area contributed by atoms with Crippen molar-refractivity contribution in [3.63, 3.8) is 0 Å². The predicted octanol–water partition coefficient (Wildman–Crippen LogP) is 4.55. The number of furan rings is 1. The van der Waals surface area contributed by atoms with Gasteiger partial charge in [-0.05, 0) is 43.3 Å². The van der Waals surface area contributed by atoms with Crippen LogP contribution in [0, 0.1) is 10.1 Å². The topological polar surface area (TPSA) is 116 Å². The first-order valence-electron chi connectivity index (χ1n) is 9.29. The van der Waals surface area contributed by atoms with Gasteiger partial charge in [0.15, 0.2) is 10.9 Å². The third kappa shape index (κ3) is 4.48. The zero-order chi connectivity index (χ0) is 21.8. The fourth-order valence-corrected chi connectivity index (χ4v) is 3.71. The minimum atomic E-state index is -0.508. The maximum Gasteiger partial charge on any atom is 0.269 e. The second-order valence-corrected chi connectivity index (χ2v) is 7.82. The van der Waals surface area contributed by atoms with Crippen molar-refractivity contribution in [1.82, 2.24) is 14.8 Å². The molecular weight excluding hydrogens is 418 g/mol. The quantitative estimate of drug-likeness (QED) is 0.257. The lowest BCUT2D eigenvalue weighted by atomic mass is 10.3. The summed E-state index contributed by atoms with van der Waals surface area (Å²) in [7, 11) is 0. The largest absolute Gasteiger partial charge is 0.461 e. The summed E-state index contributed by atoms with van der Waals surface area (Å²) in [4.78, 5) is 23.0. The van der Waals surface area contributed by atoms with Crippen molar-refractivity contribution in [3.05, 3.63) is 83.1 Å². The number of nitro groups is 1. The van der Waals surface area contributed by atoms with Crippen LogP contribution in [-0.2, 0) is 4.79 Å². The Kier molecular flexibility index (Phi) is 5.80. The molecule has 0 saturated heterocycles. The summed E-state index contributed by atoms with van der Waals surface area (Å²) in [5.74, 6) is 0.828. The van der Waals surface area contributed by atoms with Crippen LogP contribution in [0.2, 0.25) is 0 Å². The number of benzene rings is 2. The third-order valence-corrected chi connectivity index (χ3v) is 5.43. The molecule has 1 amide bonds. The Morgan fingerprint density at radius 1 is 1.10 bits per heavy atom. The van der Waals surface area contributed by atoms with E-state index in [9.17, 15) is 14.9 Å². The summed E-state index contributed by atoms with van der Waals surface area (Å²) in [6, 6.07) is 18.8. The zero-order valence-corrected chi connectivity index (χ0v) is 17.2. The monoisotopic (exact) mass is 435 g/mol. The average Bonchev–Trinajstić information content (AvgIpc) is 3.44. The number of amides is 1. The molecule has 156 valence electrons. The number of thioether (sulfide) groups is 1. The molecule has 1 unspecified atom stereocenters. The summed E-state index contributed by atoms with van der Waals surface area (Å²) in [6.07, 6.45) is 1.56. The van der Waals surface area contributed by atoms with Gasteiger partial charge in [0.2, 0.25) is 11.7 Å². The van der Waals surface area contributed by atoms with Gasteiger partial charge in [-0.2, -0.15) is 0 Å². The predicted molar refractivity (Wildman–Crippen MR) is 116 cm³/mol. The van der Waals surface area contributed by atoms with Gasteiger partial charge >= 0.3 is 0 Å². The molecule has 0 saturated carbocycles.